The smallest absolute Gasteiger partial charge is 0.238 e. The van der Waals surface area contributed by atoms with Gasteiger partial charge >= 0.3 is 0 Å². The summed E-state index contributed by atoms with van der Waals surface area (Å²) in [5.41, 5.74) is 0.389. The van der Waals surface area contributed by atoms with Crippen LogP contribution in [0.2, 0.25) is 15.1 Å². The van der Waals surface area contributed by atoms with Crippen molar-refractivity contribution in [3.63, 3.8) is 0 Å². The number of carbonyl (C=O) groups excluding carboxylic acids is 1. The van der Waals surface area contributed by atoms with Gasteiger partial charge in [0.25, 0.3) is 0 Å². The molecule has 0 saturated carbocycles. The summed E-state index contributed by atoms with van der Waals surface area (Å²) in [6.45, 7) is 1.84. The van der Waals surface area contributed by atoms with Gasteiger partial charge in [0, 0.05) is 18.1 Å². The first-order chi connectivity index (χ1) is 8.93. The highest BCUT2D eigenvalue weighted by Gasteiger charge is 2.12. The van der Waals surface area contributed by atoms with Gasteiger partial charge in [-0.3, -0.25) is 9.69 Å². The molecule has 0 aliphatic carbocycles. The molecular formula is C12H16Cl3N3O. The molecule has 0 heterocycles. The fourth-order valence-corrected chi connectivity index (χ4v) is 2.38. The minimum atomic E-state index is -0.176. The molecule has 0 bridgehead atoms. The lowest BCUT2D eigenvalue weighted by Crippen LogP contribution is -2.34. The number of carbonyl (C=O) groups is 1. The molecule has 19 heavy (non-hydrogen) atoms. The molecule has 0 aromatic heterocycles. The lowest BCUT2D eigenvalue weighted by atomic mass is 10.3. The second-order valence-corrected chi connectivity index (χ2v) is 5.38. The molecule has 0 fully saturated rings. The highest BCUT2D eigenvalue weighted by atomic mass is 35.5. The van der Waals surface area contributed by atoms with E-state index in [0.29, 0.717) is 20.8 Å². The van der Waals surface area contributed by atoms with Gasteiger partial charge in [-0.2, -0.15) is 0 Å². The van der Waals surface area contributed by atoms with Gasteiger partial charge in [-0.1, -0.05) is 34.8 Å². The van der Waals surface area contributed by atoms with E-state index in [4.69, 9.17) is 34.8 Å². The third-order valence-corrected chi connectivity index (χ3v) is 3.24. The van der Waals surface area contributed by atoms with Crippen molar-refractivity contribution in [1.82, 2.24) is 10.2 Å². The Morgan fingerprint density at radius 3 is 2.37 bits per heavy atom. The van der Waals surface area contributed by atoms with Crippen LogP contribution in [0.4, 0.5) is 5.69 Å². The monoisotopic (exact) mass is 323 g/mol. The van der Waals surface area contributed by atoms with Gasteiger partial charge in [0.2, 0.25) is 5.91 Å². The average Bonchev–Trinajstić information content (AvgIpc) is 2.31. The number of halogens is 3. The van der Waals surface area contributed by atoms with E-state index < -0.39 is 0 Å². The van der Waals surface area contributed by atoms with Gasteiger partial charge in [-0.15, -0.1) is 0 Å². The fourth-order valence-electron chi connectivity index (χ4n) is 1.47. The summed E-state index contributed by atoms with van der Waals surface area (Å²) in [6, 6.07) is 3.07. The number of nitrogens with one attached hydrogen (secondary N) is 2. The van der Waals surface area contributed by atoms with Crippen molar-refractivity contribution in [2.45, 2.75) is 0 Å². The molecule has 0 saturated heterocycles. The van der Waals surface area contributed by atoms with Gasteiger partial charge in [-0.25, -0.2) is 0 Å². The first-order valence-electron chi connectivity index (χ1n) is 5.71. The molecule has 7 heteroatoms. The predicted molar refractivity (Wildman–Crippen MR) is 81.5 cm³/mol. The molecule has 0 atom stereocenters. The van der Waals surface area contributed by atoms with E-state index in [1.165, 1.54) is 12.1 Å². The van der Waals surface area contributed by atoms with E-state index in [0.717, 1.165) is 13.1 Å². The number of rotatable bonds is 6. The van der Waals surface area contributed by atoms with Gasteiger partial charge in [0.1, 0.15) is 0 Å². The molecule has 1 rings (SSSR count). The predicted octanol–water partition coefficient (Wildman–Crippen LogP) is 2.74. The van der Waals surface area contributed by atoms with Gasteiger partial charge in [0.15, 0.2) is 0 Å². The Morgan fingerprint density at radius 2 is 1.84 bits per heavy atom. The summed E-state index contributed by atoms with van der Waals surface area (Å²) in [6.07, 6.45) is 0. The third kappa shape index (κ3) is 5.55. The molecular weight excluding hydrogens is 309 g/mol. The number of amides is 1. The maximum absolute atomic E-state index is 11.9. The molecule has 0 aliphatic heterocycles. The Kier molecular flexibility index (Phi) is 6.89. The van der Waals surface area contributed by atoms with E-state index in [2.05, 4.69) is 10.6 Å². The number of anilines is 1. The number of nitrogens with zero attached hydrogens (tertiary/aromatic N) is 1. The zero-order valence-electron chi connectivity index (χ0n) is 10.8. The second kappa shape index (κ2) is 7.92. The van der Waals surface area contributed by atoms with Crippen LogP contribution in [-0.4, -0.2) is 44.5 Å². The summed E-state index contributed by atoms with van der Waals surface area (Å²) >= 11 is 17.8. The summed E-state index contributed by atoms with van der Waals surface area (Å²) in [7, 11) is 3.73. The molecule has 106 valence electrons. The van der Waals surface area contributed by atoms with Crippen LogP contribution in [-0.2, 0) is 4.79 Å². The van der Waals surface area contributed by atoms with Gasteiger partial charge in [0.05, 0.1) is 22.3 Å². The van der Waals surface area contributed by atoms with Gasteiger partial charge in [-0.05, 0) is 26.2 Å². The minimum absolute atomic E-state index is 0.176. The van der Waals surface area contributed by atoms with Crippen molar-refractivity contribution in [1.29, 1.82) is 0 Å². The largest absolute Gasteiger partial charge is 0.322 e. The Bertz CT molecular complexity index is 431. The van der Waals surface area contributed by atoms with E-state index in [9.17, 15) is 4.79 Å². The van der Waals surface area contributed by atoms with E-state index >= 15 is 0 Å². The van der Waals surface area contributed by atoms with Gasteiger partial charge < -0.3 is 10.6 Å². The van der Waals surface area contributed by atoms with Crippen LogP contribution in [0.3, 0.4) is 0 Å². The number of hydrogen-bond donors (Lipinski definition) is 2. The van der Waals surface area contributed by atoms with Crippen molar-refractivity contribution < 1.29 is 4.79 Å². The lowest BCUT2D eigenvalue weighted by molar-refractivity contribution is -0.117. The normalized spacial score (nSPS) is 10.8. The quantitative estimate of drug-likeness (QED) is 0.845. The van der Waals surface area contributed by atoms with Crippen molar-refractivity contribution in [3.8, 4) is 0 Å². The summed E-state index contributed by atoms with van der Waals surface area (Å²) in [5.74, 6) is -0.176. The second-order valence-electron chi connectivity index (χ2n) is 4.13. The Labute approximate surface area is 128 Å². The van der Waals surface area contributed by atoms with Crippen LogP contribution in [0.15, 0.2) is 12.1 Å². The zero-order chi connectivity index (χ0) is 14.4. The molecule has 0 spiro atoms. The van der Waals surface area contributed by atoms with Crippen LogP contribution in [0, 0.1) is 0 Å². The van der Waals surface area contributed by atoms with E-state index in [-0.39, 0.29) is 12.5 Å². The Morgan fingerprint density at radius 1 is 1.26 bits per heavy atom. The average molecular weight is 325 g/mol. The Hall–Kier alpha value is -0.520. The van der Waals surface area contributed by atoms with Crippen LogP contribution in [0.25, 0.3) is 0 Å². The van der Waals surface area contributed by atoms with Crippen LogP contribution < -0.4 is 10.6 Å². The third-order valence-electron chi connectivity index (χ3n) is 2.43. The molecule has 0 aliphatic rings. The first kappa shape index (κ1) is 16.5. The number of hydrogen-bond acceptors (Lipinski definition) is 3. The highest BCUT2D eigenvalue weighted by Crippen LogP contribution is 2.33. The summed E-state index contributed by atoms with van der Waals surface area (Å²) in [4.78, 5) is 13.7. The standard InChI is InChI=1S/C12H16Cl3N3O/c1-16-3-4-18(2)7-11(19)17-12-9(14)5-8(13)6-10(12)15/h5-6,16H,3-4,7H2,1-2H3,(H,17,19). The molecule has 1 aromatic carbocycles. The summed E-state index contributed by atoms with van der Waals surface area (Å²) < 4.78 is 0. The van der Waals surface area contributed by atoms with E-state index in [1.807, 2.05) is 19.0 Å². The summed E-state index contributed by atoms with van der Waals surface area (Å²) in [5, 5.41) is 6.78. The maximum Gasteiger partial charge on any atom is 0.238 e. The SMILES string of the molecule is CNCCN(C)CC(=O)Nc1c(Cl)cc(Cl)cc1Cl. The van der Waals surface area contributed by atoms with Crippen molar-refractivity contribution in [3.05, 3.63) is 27.2 Å². The molecule has 1 amide bonds. The molecule has 0 radical (unpaired) electrons. The van der Waals surface area contributed by atoms with Crippen molar-refractivity contribution in [2.24, 2.45) is 0 Å². The lowest BCUT2D eigenvalue weighted by Gasteiger charge is -2.16. The molecule has 0 unspecified atom stereocenters. The topological polar surface area (TPSA) is 44.4 Å². The Balaban J connectivity index is 2.62. The fraction of sp³-hybridized carbons (Fsp3) is 0.417. The van der Waals surface area contributed by atoms with E-state index in [1.54, 1.807) is 0 Å². The highest BCUT2D eigenvalue weighted by molar-refractivity contribution is 6.42. The number of likely N-dealkylation sites (N-methyl/N-ethyl adjacent to an activating group) is 2. The molecule has 4 nitrogen and oxygen atoms in total. The van der Waals surface area contributed by atoms with Crippen LogP contribution in [0.1, 0.15) is 0 Å². The van der Waals surface area contributed by atoms with Crippen LogP contribution >= 0.6 is 34.8 Å². The first-order valence-corrected chi connectivity index (χ1v) is 6.85. The van der Waals surface area contributed by atoms with Crippen molar-refractivity contribution in [2.75, 3.05) is 39.0 Å². The number of benzene rings is 1. The molecule has 1 aromatic rings. The van der Waals surface area contributed by atoms with Crippen LogP contribution in [0.5, 0.6) is 0 Å². The maximum atomic E-state index is 11.9. The minimum Gasteiger partial charge on any atom is -0.322 e. The van der Waals surface area contributed by atoms with Crippen molar-refractivity contribution >= 4 is 46.4 Å². The molecule has 2 N–H and O–H groups in total. The zero-order valence-corrected chi connectivity index (χ0v) is 13.0.